The molecule has 2 rings (SSSR count). The van der Waals surface area contributed by atoms with Gasteiger partial charge in [0.05, 0.1) is 11.8 Å². The number of halogens is 3. The van der Waals surface area contributed by atoms with E-state index in [0.29, 0.717) is 5.75 Å². The molecule has 0 aliphatic carbocycles. The van der Waals surface area contributed by atoms with E-state index in [1.165, 1.54) is 18.2 Å². The molecule has 0 bridgehead atoms. The second-order valence-corrected chi connectivity index (χ2v) is 5.46. The van der Waals surface area contributed by atoms with Gasteiger partial charge in [0.25, 0.3) is 0 Å². The third-order valence-corrected chi connectivity index (χ3v) is 3.32. The first kappa shape index (κ1) is 15.5. The van der Waals surface area contributed by atoms with Gasteiger partial charge in [0, 0.05) is 13.8 Å². The topological polar surface area (TPSA) is 55.8 Å². The lowest BCUT2D eigenvalue weighted by Gasteiger charge is -2.23. The van der Waals surface area contributed by atoms with Gasteiger partial charge in [-0.2, -0.15) is 13.2 Å². The van der Waals surface area contributed by atoms with E-state index in [2.05, 4.69) is 0 Å². The van der Waals surface area contributed by atoms with Crippen molar-refractivity contribution in [1.29, 1.82) is 0 Å². The average Bonchev–Trinajstić information content (AvgIpc) is 2.60. The number of hydrogen-bond donors (Lipinski definition) is 1. The van der Waals surface area contributed by atoms with Crippen LogP contribution in [0.4, 0.5) is 13.2 Å². The molecule has 0 amide bonds. The number of benzene rings is 1. The quantitative estimate of drug-likeness (QED) is 0.927. The highest BCUT2D eigenvalue weighted by atomic mass is 19.4. The molecule has 4 nitrogen and oxygen atoms in total. The van der Waals surface area contributed by atoms with E-state index in [0.717, 1.165) is 6.92 Å². The molecule has 21 heavy (non-hydrogen) atoms. The third kappa shape index (κ3) is 3.06. The molecule has 7 heteroatoms. The summed E-state index contributed by atoms with van der Waals surface area (Å²) in [5.41, 5.74) is 0.0346. The zero-order valence-electron chi connectivity index (χ0n) is 11.7. The highest BCUT2D eigenvalue weighted by Crippen LogP contribution is 2.43. The fraction of sp³-hybridized carbons (Fsp3) is 0.500. The predicted molar refractivity (Wildman–Crippen MR) is 67.4 cm³/mol. The predicted octanol–water partition coefficient (Wildman–Crippen LogP) is 3.56. The van der Waals surface area contributed by atoms with E-state index in [9.17, 15) is 18.0 Å². The zero-order valence-corrected chi connectivity index (χ0v) is 11.7. The van der Waals surface area contributed by atoms with Crippen LogP contribution in [-0.2, 0) is 4.79 Å². The van der Waals surface area contributed by atoms with E-state index < -0.39 is 29.8 Å². The Morgan fingerprint density at radius 3 is 2.33 bits per heavy atom. The van der Waals surface area contributed by atoms with Gasteiger partial charge < -0.3 is 14.6 Å². The minimum absolute atomic E-state index is 0.0346. The van der Waals surface area contributed by atoms with Crippen molar-refractivity contribution in [3.8, 4) is 11.5 Å². The monoisotopic (exact) mass is 304 g/mol. The van der Waals surface area contributed by atoms with Crippen molar-refractivity contribution in [2.75, 3.05) is 0 Å². The molecular weight excluding hydrogens is 289 g/mol. The van der Waals surface area contributed by atoms with Crippen LogP contribution in [0.25, 0.3) is 0 Å². The molecule has 1 aromatic rings. The standard InChI is InChI=1S/C14H15F3O4/c1-7(14(15,16)17)11(12(18)19)8-4-5-9-10(6-8)21-13(2,3)20-9/h4-7,11H,1-3H3,(H,18,19)/t7-,11?/m1/s1. The van der Waals surface area contributed by atoms with Gasteiger partial charge in [0.2, 0.25) is 5.79 Å². The van der Waals surface area contributed by atoms with Gasteiger partial charge in [0.15, 0.2) is 11.5 Å². The number of carbonyl (C=O) groups is 1. The van der Waals surface area contributed by atoms with Crippen LogP contribution in [0.2, 0.25) is 0 Å². The number of alkyl halides is 3. The van der Waals surface area contributed by atoms with Gasteiger partial charge in [-0.3, -0.25) is 4.79 Å². The Morgan fingerprint density at radius 2 is 1.81 bits per heavy atom. The molecule has 0 saturated carbocycles. The summed E-state index contributed by atoms with van der Waals surface area (Å²) in [5, 5.41) is 9.14. The number of carboxylic acids is 1. The Balaban J connectivity index is 2.38. The SMILES string of the molecule is C[C@H](C(C(=O)O)c1ccc2c(c1)OC(C)(C)O2)C(F)(F)F. The smallest absolute Gasteiger partial charge is 0.392 e. The Bertz CT molecular complexity index is 566. The maximum absolute atomic E-state index is 12.8. The summed E-state index contributed by atoms with van der Waals surface area (Å²) in [6, 6.07) is 4.05. The van der Waals surface area contributed by atoms with Crippen LogP contribution in [-0.4, -0.2) is 23.0 Å². The number of carboxylic acid groups (broad SMARTS) is 1. The van der Waals surface area contributed by atoms with Crippen molar-refractivity contribution >= 4 is 5.97 Å². The Morgan fingerprint density at radius 1 is 1.24 bits per heavy atom. The summed E-state index contributed by atoms with van der Waals surface area (Å²) < 4.78 is 49.3. The van der Waals surface area contributed by atoms with Gasteiger partial charge in [-0.25, -0.2) is 0 Å². The van der Waals surface area contributed by atoms with Crippen molar-refractivity contribution in [2.24, 2.45) is 5.92 Å². The number of aliphatic carboxylic acids is 1. The summed E-state index contributed by atoms with van der Waals surface area (Å²) in [4.78, 5) is 11.2. The van der Waals surface area contributed by atoms with Crippen LogP contribution in [0.1, 0.15) is 32.3 Å². The van der Waals surface area contributed by atoms with Crippen molar-refractivity contribution < 1.29 is 32.5 Å². The molecule has 0 radical (unpaired) electrons. The first-order valence-corrected chi connectivity index (χ1v) is 6.33. The van der Waals surface area contributed by atoms with E-state index in [1.807, 2.05) is 0 Å². The van der Waals surface area contributed by atoms with Crippen LogP contribution < -0.4 is 9.47 Å². The molecular formula is C14H15F3O4. The third-order valence-electron chi connectivity index (χ3n) is 3.32. The van der Waals surface area contributed by atoms with Crippen molar-refractivity contribution in [3.05, 3.63) is 23.8 Å². The lowest BCUT2D eigenvalue weighted by atomic mass is 9.86. The Hall–Kier alpha value is -1.92. The largest absolute Gasteiger partial charge is 0.481 e. The number of rotatable bonds is 3. The van der Waals surface area contributed by atoms with Crippen LogP contribution >= 0.6 is 0 Å². The zero-order chi connectivity index (χ0) is 16.0. The van der Waals surface area contributed by atoms with Crippen molar-refractivity contribution in [2.45, 2.75) is 38.7 Å². The van der Waals surface area contributed by atoms with Gasteiger partial charge >= 0.3 is 12.1 Å². The highest BCUT2D eigenvalue weighted by molar-refractivity contribution is 5.77. The lowest BCUT2D eigenvalue weighted by molar-refractivity contribution is -0.183. The second-order valence-electron chi connectivity index (χ2n) is 5.46. The van der Waals surface area contributed by atoms with Gasteiger partial charge in [-0.15, -0.1) is 0 Å². The molecule has 2 atom stereocenters. The minimum atomic E-state index is -4.60. The van der Waals surface area contributed by atoms with Crippen LogP contribution in [0.3, 0.4) is 0 Å². The molecule has 0 spiro atoms. The molecule has 0 aromatic heterocycles. The van der Waals surface area contributed by atoms with Crippen molar-refractivity contribution in [3.63, 3.8) is 0 Å². The number of hydrogen-bond acceptors (Lipinski definition) is 3. The molecule has 0 fully saturated rings. The van der Waals surface area contributed by atoms with Gasteiger partial charge in [-0.1, -0.05) is 13.0 Å². The highest BCUT2D eigenvalue weighted by Gasteiger charge is 2.45. The summed E-state index contributed by atoms with van der Waals surface area (Å²) in [6.45, 7) is 4.16. The van der Waals surface area contributed by atoms with E-state index in [1.54, 1.807) is 13.8 Å². The fourth-order valence-corrected chi connectivity index (χ4v) is 2.27. The molecule has 0 saturated heterocycles. The Labute approximate surface area is 119 Å². The van der Waals surface area contributed by atoms with E-state index in [-0.39, 0.29) is 11.3 Å². The summed E-state index contributed by atoms with van der Waals surface area (Å²) in [6.07, 6.45) is -4.60. The molecule has 1 unspecified atom stereocenters. The van der Waals surface area contributed by atoms with Gasteiger partial charge in [-0.05, 0) is 17.7 Å². The van der Waals surface area contributed by atoms with Crippen LogP contribution in [0.15, 0.2) is 18.2 Å². The normalized spacial score (nSPS) is 19.1. The second kappa shape index (κ2) is 4.82. The summed E-state index contributed by atoms with van der Waals surface area (Å²) in [5.74, 6) is -5.52. The van der Waals surface area contributed by atoms with E-state index >= 15 is 0 Å². The number of ether oxygens (including phenoxy) is 2. The fourth-order valence-electron chi connectivity index (χ4n) is 2.27. The average molecular weight is 304 g/mol. The molecule has 1 aromatic carbocycles. The van der Waals surface area contributed by atoms with Crippen LogP contribution in [0, 0.1) is 5.92 Å². The van der Waals surface area contributed by atoms with Gasteiger partial charge in [0.1, 0.15) is 0 Å². The molecule has 1 aliphatic rings. The van der Waals surface area contributed by atoms with Crippen LogP contribution in [0.5, 0.6) is 11.5 Å². The summed E-state index contributed by atoms with van der Waals surface area (Å²) >= 11 is 0. The first-order valence-electron chi connectivity index (χ1n) is 6.33. The maximum atomic E-state index is 12.8. The maximum Gasteiger partial charge on any atom is 0.392 e. The molecule has 116 valence electrons. The Kier molecular flexibility index (Phi) is 3.55. The molecule has 1 N–H and O–H groups in total. The van der Waals surface area contributed by atoms with E-state index in [4.69, 9.17) is 14.6 Å². The first-order chi connectivity index (χ1) is 9.51. The van der Waals surface area contributed by atoms with Crippen molar-refractivity contribution in [1.82, 2.24) is 0 Å². The summed E-state index contributed by atoms with van der Waals surface area (Å²) in [7, 11) is 0. The molecule has 1 heterocycles. The lowest BCUT2D eigenvalue weighted by Crippen LogP contribution is -2.31. The minimum Gasteiger partial charge on any atom is -0.481 e. The molecule has 1 aliphatic heterocycles. The number of fused-ring (bicyclic) bond motifs is 1.